The summed E-state index contributed by atoms with van der Waals surface area (Å²) in [5, 5.41) is 0. The van der Waals surface area contributed by atoms with Crippen LogP contribution in [0, 0.1) is 11.8 Å². The van der Waals surface area contributed by atoms with Gasteiger partial charge in [-0.05, 0) is 56.2 Å². The lowest BCUT2D eigenvalue weighted by atomic mass is 9.71. The van der Waals surface area contributed by atoms with Crippen LogP contribution in [0.5, 0.6) is 5.75 Å². The van der Waals surface area contributed by atoms with E-state index in [4.69, 9.17) is 10.5 Å². The number of fused-ring (bicyclic) bond motifs is 4. The van der Waals surface area contributed by atoms with Crippen LogP contribution in [0.15, 0.2) is 24.3 Å². The summed E-state index contributed by atoms with van der Waals surface area (Å²) < 4.78 is 5.71. The highest BCUT2D eigenvalue weighted by molar-refractivity contribution is 5.95. The van der Waals surface area contributed by atoms with Crippen molar-refractivity contribution < 1.29 is 14.3 Å². The Morgan fingerprint density at radius 3 is 2.76 bits per heavy atom. The number of rotatable bonds is 6. The van der Waals surface area contributed by atoms with E-state index in [2.05, 4.69) is 11.8 Å². The van der Waals surface area contributed by atoms with Crippen molar-refractivity contribution in [2.45, 2.75) is 57.5 Å². The molecule has 3 heterocycles. The largest absolute Gasteiger partial charge is 0.483 e. The van der Waals surface area contributed by atoms with Gasteiger partial charge in [0.25, 0.3) is 11.8 Å². The van der Waals surface area contributed by atoms with Crippen LogP contribution in [0.2, 0.25) is 0 Å². The zero-order chi connectivity index (χ0) is 20.4. The van der Waals surface area contributed by atoms with Crippen molar-refractivity contribution in [3.05, 3.63) is 29.8 Å². The van der Waals surface area contributed by atoms with Gasteiger partial charge in [-0.25, -0.2) is 0 Å². The standard InChI is InChI=1S/C23H33N3O3/c1-2-7-19-16-12-17(20-9-5-6-11-26(19)20)14-25(13-16)22(27)15-29-21-10-4-3-8-18(21)23(24)28/h3-4,8,10,16-17,19-20H,2,5-7,9,11-15H2,1H3,(H2,24,28)/t16-,17+,19-,20-/m0/s1. The minimum Gasteiger partial charge on any atom is -0.483 e. The first-order valence-corrected chi connectivity index (χ1v) is 11.1. The van der Waals surface area contributed by atoms with Crippen molar-refractivity contribution in [3.8, 4) is 5.75 Å². The molecular formula is C23H33N3O3. The number of benzene rings is 1. The van der Waals surface area contributed by atoms with Gasteiger partial charge in [0.15, 0.2) is 6.61 Å². The van der Waals surface area contributed by atoms with Gasteiger partial charge in [-0.3, -0.25) is 14.5 Å². The Balaban J connectivity index is 1.43. The number of hydrogen-bond acceptors (Lipinski definition) is 4. The molecule has 4 rings (SSSR count). The van der Waals surface area contributed by atoms with Gasteiger partial charge in [0.2, 0.25) is 0 Å². The maximum absolute atomic E-state index is 13.0. The summed E-state index contributed by atoms with van der Waals surface area (Å²) in [6.45, 7) is 5.10. The summed E-state index contributed by atoms with van der Waals surface area (Å²) in [6.07, 6.45) is 7.55. The molecule has 0 spiro atoms. The van der Waals surface area contributed by atoms with E-state index in [9.17, 15) is 9.59 Å². The monoisotopic (exact) mass is 399 g/mol. The summed E-state index contributed by atoms with van der Waals surface area (Å²) in [4.78, 5) is 29.4. The van der Waals surface area contributed by atoms with Gasteiger partial charge in [0.1, 0.15) is 5.75 Å². The lowest BCUT2D eigenvalue weighted by molar-refractivity contribution is -0.143. The molecule has 2 bridgehead atoms. The molecule has 0 radical (unpaired) electrons. The van der Waals surface area contributed by atoms with E-state index < -0.39 is 5.91 Å². The maximum Gasteiger partial charge on any atom is 0.260 e. The van der Waals surface area contributed by atoms with Crippen LogP contribution in [0.1, 0.15) is 55.8 Å². The number of nitrogens with two attached hydrogens (primary N) is 1. The molecule has 29 heavy (non-hydrogen) atoms. The Morgan fingerprint density at radius 2 is 1.97 bits per heavy atom. The van der Waals surface area contributed by atoms with Crippen molar-refractivity contribution in [2.75, 3.05) is 26.2 Å². The second-order valence-electron chi connectivity index (χ2n) is 8.86. The summed E-state index contributed by atoms with van der Waals surface area (Å²) in [5.41, 5.74) is 5.73. The molecule has 2 amide bonds. The number of para-hydroxylation sites is 1. The van der Waals surface area contributed by atoms with Crippen LogP contribution in [-0.2, 0) is 4.79 Å². The Labute approximate surface area is 173 Å². The van der Waals surface area contributed by atoms with E-state index in [1.165, 1.54) is 45.1 Å². The molecule has 6 heteroatoms. The van der Waals surface area contributed by atoms with Gasteiger partial charge in [0.05, 0.1) is 5.56 Å². The quantitative estimate of drug-likeness (QED) is 0.798. The second-order valence-corrected chi connectivity index (χ2v) is 8.86. The predicted octanol–water partition coefficient (Wildman–Crippen LogP) is 2.67. The van der Waals surface area contributed by atoms with E-state index in [1.807, 2.05) is 4.90 Å². The molecular weight excluding hydrogens is 366 g/mol. The molecule has 4 atom stereocenters. The number of carbonyl (C=O) groups excluding carboxylic acids is 2. The highest BCUT2D eigenvalue weighted by atomic mass is 16.5. The normalized spacial score (nSPS) is 29.2. The fourth-order valence-electron chi connectivity index (χ4n) is 5.83. The molecule has 3 aliphatic rings. The van der Waals surface area contributed by atoms with Crippen molar-refractivity contribution in [1.82, 2.24) is 9.80 Å². The zero-order valence-corrected chi connectivity index (χ0v) is 17.4. The van der Waals surface area contributed by atoms with Gasteiger partial charge in [-0.1, -0.05) is 31.9 Å². The Hall–Kier alpha value is -2.08. The molecule has 3 saturated heterocycles. The van der Waals surface area contributed by atoms with Crippen LogP contribution in [0.4, 0.5) is 0 Å². The Morgan fingerprint density at radius 1 is 1.17 bits per heavy atom. The summed E-state index contributed by atoms with van der Waals surface area (Å²) in [5.74, 6) is 0.987. The van der Waals surface area contributed by atoms with Crippen molar-refractivity contribution >= 4 is 11.8 Å². The Kier molecular flexibility index (Phi) is 6.09. The molecule has 3 aliphatic heterocycles. The van der Waals surface area contributed by atoms with Gasteiger partial charge < -0.3 is 15.4 Å². The third-order valence-electron chi connectivity index (χ3n) is 7.06. The van der Waals surface area contributed by atoms with Crippen LogP contribution in [0.3, 0.4) is 0 Å². The Bertz CT molecular complexity index is 753. The molecule has 2 N–H and O–H groups in total. The number of ether oxygens (including phenoxy) is 1. The average Bonchev–Trinajstić information content (AvgIpc) is 2.75. The molecule has 158 valence electrons. The van der Waals surface area contributed by atoms with E-state index >= 15 is 0 Å². The first kappa shape index (κ1) is 20.2. The third-order valence-corrected chi connectivity index (χ3v) is 7.06. The van der Waals surface area contributed by atoms with Gasteiger partial charge in [0, 0.05) is 25.2 Å². The number of nitrogens with zero attached hydrogens (tertiary/aromatic N) is 2. The topological polar surface area (TPSA) is 75.9 Å². The molecule has 0 aliphatic carbocycles. The fraction of sp³-hybridized carbons (Fsp3) is 0.652. The van der Waals surface area contributed by atoms with Crippen LogP contribution < -0.4 is 10.5 Å². The number of hydrogen-bond donors (Lipinski definition) is 1. The second kappa shape index (κ2) is 8.74. The molecule has 1 aromatic rings. The summed E-state index contributed by atoms with van der Waals surface area (Å²) >= 11 is 0. The minimum atomic E-state index is -0.541. The van der Waals surface area contributed by atoms with Crippen LogP contribution in [-0.4, -0.2) is 59.9 Å². The first-order valence-electron chi connectivity index (χ1n) is 11.1. The highest BCUT2D eigenvalue weighted by Crippen LogP contribution is 2.42. The number of piperidine rings is 3. The lowest BCUT2D eigenvalue weighted by Gasteiger charge is -2.57. The minimum absolute atomic E-state index is 0.0125. The maximum atomic E-state index is 13.0. The number of likely N-dealkylation sites (tertiary alicyclic amines) is 1. The predicted molar refractivity (Wildman–Crippen MR) is 112 cm³/mol. The molecule has 6 nitrogen and oxygen atoms in total. The number of amides is 2. The third kappa shape index (κ3) is 4.13. The van der Waals surface area contributed by atoms with Crippen molar-refractivity contribution in [3.63, 3.8) is 0 Å². The van der Waals surface area contributed by atoms with E-state index in [-0.39, 0.29) is 12.5 Å². The van der Waals surface area contributed by atoms with Crippen LogP contribution in [0.25, 0.3) is 0 Å². The van der Waals surface area contributed by atoms with Crippen LogP contribution >= 0.6 is 0 Å². The van der Waals surface area contributed by atoms with Gasteiger partial charge in [-0.2, -0.15) is 0 Å². The lowest BCUT2D eigenvalue weighted by Crippen LogP contribution is -2.64. The SMILES string of the molecule is CCC[C@H]1[C@H]2C[C@H](CN(C(=O)COc3ccccc3C(N)=O)C2)[C@@H]2CCCCN21. The summed E-state index contributed by atoms with van der Waals surface area (Å²) in [7, 11) is 0. The molecule has 3 fully saturated rings. The zero-order valence-electron chi connectivity index (χ0n) is 17.4. The molecule has 0 aromatic heterocycles. The van der Waals surface area contributed by atoms with Crippen molar-refractivity contribution in [2.24, 2.45) is 17.6 Å². The highest BCUT2D eigenvalue weighted by Gasteiger charge is 2.47. The smallest absolute Gasteiger partial charge is 0.260 e. The number of carbonyl (C=O) groups is 2. The van der Waals surface area contributed by atoms with Gasteiger partial charge >= 0.3 is 0 Å². The van der Waals surface area contributed by atoms with E-state index in [0.717, 1.165) is 13.1 Å². The average molecular weight is 400 g/mol. The molecule has 1 aromatic carbocycles. The summed E-state index contributed by atoms with van der Waals surface area (Å²) in [6, 6.07) is 8.07. The van der Waals surface area contributed by atoms with E-state index in [1.54, 1.807) is 24.3 Å². The fourth-order valence-corrected chi connectivity index (χ4v) is 5.83. The van der Waals surface area contributed by atoms with E-state index in [0.29, 0.717) is 35.2 Å². The first-order chi connectivity index (χ1) is 14.1. The van der Waals surface area contributed by atoms with Gasteiger partial charge in [-0.15, -0.1) is 0 Å². The number of primary amides is 1. The van der Waals surface area contributed by atoms with Crippen molar-refractivity contribution in [1.29, 1.82) is 0 Å². The molecule has 0 saturated carbocycles. The molecule has 0 unspecified atom stereocenters.